The van der Waals surface area contributed by atoms with E-state index < -0.39 is 11.9 Å². The lowest BCUT2D eigenvalue weighted by Gasteiger charge is -2.14. The van der Waals surface area contributed by atoms with Crippen molar-refractivity contribution >= 4 is 52.2 Å². The topological polar surface area (TPSA) is 64.9 Å². The molecule has 0 aromatic heterocycles. The predicted molar refractivity (Wildman–Crippen MR) is 114 cm³/mol. The summed E-state index contributed by atoms with van der Waals surface area (Å²) >= 11 is 18.2. The fraction of sp³-hybridized carbons (Fsp3) is 0.0476. The number of nitrogens with one attached hydrogen (secondary N) is 2. The van der Waals surface area contributed by atoms with Crippen LogP contribution in [0.1, 0.15) is 17.0 Å². The van der Waals surface area contributed by atoms with Crippen LogP contribution in [0.25, 0.3) is 0 Å². The van der Waals surface area contributed by atoms with Gasteiger partial charge in [0, 0.05) is 16.4 Å². The number of nitrogens with zero attached hydrogens (tertiary/aromatic N) is 1. The molecular formula is C21H14Cl3N3O. The lowest BCUT2D eigenvalue weighted by atomic mass is 9.92. The average Bonchev–Trinajstić information content (AvgIpc) is 2.68. The van der Waals surface area contributed by atoms with Crippen molar-refractivity contribution in [2.75, 3.05) is 10.6 Å². The zero-order valence-corrected chi connectivity index (χ0v) is 16.7. The maximum Gasteiger partial charge on any atom is 0.323 e. The van der Waals surface area contributed by atoms with Crippen molar-refractivity contribution in [3.05, 3.63) is 92.9 Å². The van der Waals surface area contributed by atoms with E-state index >= 15 is 0 Å². The van der Waals surface area contributed by atoms with E-state index in [0.717, 1.165) is 5.56 Å². The molecule has 4 nitrogen and oxygen atoms in total. The van der Waals surface area contributed by atoms with Gasteiger partial charge in [-0.3, -0.25) is 0 Å². The molecule has 0 aliphatic rings. The number of rotatable bonds is 4. The zero-order chi connectivity index (χ0) is 20.1. The average molecular weight is 431 g/mol. The number of benzene rings is 3. The van der Waals surface area contributed by atoms with Crippen molar-refractivity contribution in [3.8, 4) is 6.07 Å². The summed E-state index contributed by atoms with van der Waals surface area (Å²) in [6, 6.07) is 21.0. The number of carbonyl (C=O) groups is 1. The van der Waals surface area contributed by atoms with Crippen LogP contribution in [0.2, 0.25) is 15.1 Å². The molecule has 0 bridgehead atoms. The Bertz CT molecular complexity index is 1050. The number of halogens is 3. The van der Waals surface area contributed by atoms with Gasteiger partial charge in [-0.1, -0.05) is 71.2 Å². The molecule has 1 unspecified atom stereocenters. The van der Waals surface area contributed by atoms with Crippen LogP contribution in [0.4, 0.5) is 16.2 Å². The van der Waals surface area contributed by atoms with E-state index in [-0.39, 0.29) is 0 Å². The highest BCUT2D eigenvalue weighted by atomic mass is 35.5. The molecule has 0 saturated carbocycles. The van der Waals surface area contributed by atoms with Gasteiger partial charge in [0.1, 0.15) is 0 Å². The van der Waals surface area contributed by atoms with E-state index in [9.17, 15) is 10.1 Å². The summed E-state index contributed by atoms with van der Waals surface area (Å²) in [6.45, 7) is 0. The SMILES string of the molecule is N#CC(c1ccccc1)c1ccc(NC(=O)Nc2ccc(Cl)c(Cl)c2)cc1Cl. The quantitative estimate of drug-likeness (QED) is 0.470. The smallest absolute Gasteiger partial charge is 0.308 e. The van der Waals surface area contributed by atoms with Crippen LogP contribution in [0.15, 0.2) is 66.7 Å². The van der Waals surface area contributed by atoms with Crippen LogP contribution in [-0.4, -0.2) is 6.03 Å². The summed E-state index contributed by atoms with van der Waals surface area (Å²) in [7, 11) is 0. The van der Waals surface area contributed by atoms with Gasteiger partial charge in [-0.05, 0) is 41.5 Å². The Labute approximate surface area is 177 Å². The van der Waals surface area contributed by atoms with Gasteiger partial charge >= 0.3 is 6.03 Å². The van der Waals surface area contributed by atoms with E-state index in [4.69, 9.17) is 34.8 Å². The number of nitriles is 1. The molecule has 0 saturated heterocycles. The van der Waals surface area contributed by atoms with E-state index in [1.807, 2.05) is 30.3 Å². The Kier molecular flexibility index (Phi) is 6.43. The highest BCUT2D eigenvalue weighted by Crippen LogP contribution is 2.32. The lowest BCUT2D eigenvalue weighted by molar-refractivity contribution is 0.262. The molecule has 3 aromatic rings. The van der Waals surface area contributed by atoms with Gasteiger partial charge < -0.3 is 10.6 Å². The van der Waals surface area contributed by atoms with Gasteiger partial charge in [0.15, 0.2) is 0 Å². The van der Waals surface area contributed by atoms with Crippen LogP contribution in [0.5, 0.6) is 0 Å². The van der Waals surface area contributed by atoms with E-state index in [2.05, 4.69) is 16.7 Å². The van der Waals surface area contributed by atoms with E-state index in [0.29, 0.717) is 32.0 Å². The molecule has 0 aliphatic heterocycles. The summed E-state index contributed by atoms with van der Waals surface area (Å²) in [5.41, 5.74) is 2.52. The van der Waals surface area contributed by atoms with Crippen molar-refractivity contribution < 1.29 is 4.79 Å². The zero-order valence-electron chi connectivity index (χ0n) is 14.4. The van der Waals surface area contributed by atoms with Gasteiger partial charge in [0.2, 0.25) is 0 Å². The van der Waals surface area contributed by atoms with Crippen molar-refractivity contribution in [2.45, 2.75) is 5.92 Å². The maximum absolute atomic E-state index is 12.2. The molecule has 7 heteroatoms. The summed E-state index contributed by atoms with van der Waals surface area (Å²) in [6.07, 6.45) is 0. The van der Waals surface area contributed by atoms with E-state index in [1.165, 1.54) is 0 Å². The summed E-state index contributed by atoms with van der Waals surface area (Å²) in [4.78, 5) is 12.2. The Morgan fingerprint density at radius 1 is 0.821 bits per heavy atom. The minimum absolute atomic E-state index is 0.343. The molecule has 3 rings (SSSR count). The molecule has 0 fully saturated rings. The standard InChI is InChI=1S/C21H14Cl3N3O/c22-18-9-7-15(11-20(18)24)27-21(28)26-14-6-8-16(19(23)10-14)17(12-25)13-4-2-1-3-5-13/h1-11,17H,(H2,26,27,28). The van der Waals surface area contributed by atoms with Crippen molar-refractivity contribution in [1.82, 2.24) is 0 Å². The molecule has 0 aliphatic carbocycles. The molecule has 2 N–H and O–H groups in total. The number of carbonyl (C=O) groups excluding carboxylic acids is 1. The highest BCUT2D eigenvalue weighted by Gasteiger charge is 2.17. The molecule has 0 spiro atoms. The Hall–Kier alpha value is -2.71. The molecular weight excluding hydrogens is 417 g/mol. The largest absolute Gasteiger partial charge is 0.323 e. The van der Waals surface area contributed by atoms with Crippen LogP contribution in [-0.2, 0) is 0 Å². The van der Waals surface area contributed by atoms with Crippen LogP contribution in [0.3, 0.4) is 0 Å². The van der Waals surface area contributed by atoms with Crippen molar-refractivity contribution in [2.24, 2.45) is 0 Å². The number of amides is 2. The summed E-state index contributed by atoms with van der Waals surface area (Å²) in [5, 5.41) is 16.1. The van der Waals surface area contributed by atoms with Gasteiger partial charge in [0.25, 0.3) is 0 Å². The molecule has 2 amide bonds. The number of anilines is 2. The second kappa shape index (κ2) is 8.99. The highest BCUT2D eigenvalue weighted by molar-refractivity contribution is 6.42. The third-order valence-corrected chi connectivity index (χ3v) is 5.08. The maximum atomic E-state index is 12.2. The third kappa shape index (κ3) is 4.76. The minimum Gasteiger partial charge on any atom is -0.308 e. The van der Waals surface area contributed by atoms with Crippen molar-refractivity contribution in [1.29, 1.82) is 5.26 Å². The molecule has 0 heterocycles. The predicted octanol–water partition coefficient (Wildman–Crippen LogP) is 6.95. The van der Waals surface area contributed by atoms with Gasteiger partial charge in [-0.25, -0.2) is 4.79 Å². The van der Waals surface area contributed by atoms with Gasteiger partial charge in [-0.2, -0.15) is 5.26 Å². The molecule has 28 heavy (non-hydrogen) atoms. The van der Waals surface area contributed by atoms with Gasteiger partial charge in [0.05, 0.1) is 22.0 Å². The first-order valence-corrected chi connectivity index (χ1v) is 9.38. The number of hydrogen-bond donors (Lipinski definition) is 2. The normalized spacial score (nSPS) is 11.4. The first kappa shape index (κ1) is 20.0. The van der Waals surface area contributed by atoms with Crippen LogP contribution < -0.4 is 10.6 Å². The van der Waals surface area contributed by atoms with Gasteiger partial charge in [-0.15, -0.1) is 0 Å². The third-order valence-electron chi connectivity index (χ3n) is 4.01. The molecule has 0 radical (unpaired) electrons. The lowest BCUT2D eigenvalue weighted by Crippen LogP contribution is -2.19. The number of urea groups is 1. The fourth-order valence-electron chi connectivity index (χ4n) is 2.68. The summed E-state index contributed by atoms with van der Waals surface area (Å²) < 4.78 is 0. The molecule has 3 aromatic carbocycles. The Morgan fingerprint density at radius 2 is 1.43 bits per heavy atom. The second-order valence-electron chi connectivity index (χ2n) is 5.92. The Morgan fingerprint density at radius 3 is 2.00 bits per heavy atom. The monoisotopic (exact) mass is 429 g/mol. The fourth-order valence-corrected chi connectivity index (χ4v) is 3.26. The van der Waals surface area contributed by atoms with Crippen LogP contribution in [0, 0.1) is 11.3 Å². The second-order valence-corrected chi connectivity index (χ2v) is 7.14. The first-order valence-electron chi connectivity index (χ1n) is 8.25. The Balaban J connectivity index is 1.74. The molecule has 140 valence electrons. The minimum atomic E-state index is -0.493. The van der Waals surface area contributed by atoms with Crippen LogP contribution >= 0.6 is 34.8 Å². The van der Waals surface area contributed by atoms with E-state index in [1.54, 1.807) is 36.4 Å². The first-order chi connectivity index (χ1) is 13.5. The molecule has 1 atom stereocenters. The van der Waals surface area contributed by atoms with Crippen molar-refractivity contribution in [3.63, 3.8) is 0 Å². The number of hydrogen-bond acceptors (Lipinski definition) is 2. The summed E-state index contributed by atoms with van der Waals surface area (Å²) in [5.74, 6) is -0.493.